The Hall–Kier alpha value is -0.440. The van der Waals surface area contributed by atoms with Crippen LogP contribution in [0.2, 0.25) is 0 Å². The summed E-state index contributed by atoms with van der Waals surface area (Å²) in [6.45, 7) is 2.36. The van der Waals surface area contributed by atoms with Crippen LogP contribution in [-0.2, 0) is 0 Å². The first kappa shape index (κ1) is 9.65. The highest BCUT2D eigenvalue weighted by molar-refractivity contribution is 4.98. The maximum Gasteiger partial charge on any atom is 0.00912 e. The zero-order chi connectivity index (χ0) is 8.65. The van der Waals surface area contributed by atoms with Crippen molar-refractivity contribution in [3.8, 4) is 11.8 Å². The van der Waals surface area contributed by atoms with Gasteiger partial charge in [0.25, 0.3) is 0 Å². The van der Waals surface area contributed by atoms with Crippen molar-refractivity contribution >= 4 is 0 Å². The van der Waals surface area contributed by atoms with Gasteiger partial charge in [0.15, 0.2) is 0 Å². The Balaban J connectivity index is 2.26. The fraction of sp³-hybridized carbons (Fsp3) is 0.833. The topological polar surface area (TPSA) is 0 Å². The molecule has 0 fully saturated rings. The van der Waals surface area contributed by atoms with Crippen LogP contribution in [0.3, 0.4) is 0 Å². The van der Waals surface area contributed by atoms with Crippen LogP contribution < -0.4 is 0 Å². The third-order valence-electron chi connectivity index (χ3n) is 2.64. The number of rotatable bonds is 0. The lowest BCUT2D eigenvalue weighted by atomic mass is 9.98. The standard InChI is InChI=1S/C12H20/c1-12-10-8-6-4-2-3-5-7-9-11-12/h12H,2-4,6,8-11H2,1H3. The highest BCUT2D eigenvalue weighted by Crippen LogP contribution is 2.16. The van der Waals surface area contributed by atoms with E-state index < -0.39 is 0 Å². The third-order valence-corrected chi connectivity index (χ3v) is 2.64. The Bertz CT molecular complexity index is 159. The van der Waals surface area contributed by atoms with E-state index in [9.17, 15) is 0 Å². The molecule has 12 heavy (non-hydrogen) atoms. The van der Waals surface area contributed by atoms with Gasteiger partial charge in [0.2, 0.25) is 0 Å². The Kier molecular flexibility index (Phi) is 4.92. The SMILES string of the molecule is CC1CCC#CCCCCCC1. The van der Waals surface area contributed by atoms with Gasteiger partial charge in [-0.3, -0.25) is 0 Å². The number of hydrogen-bond donors (Lipinski definition) is 0. The monoisotopic (exact) mass is 164 g/mol. The second-order valence-corrected chi connectivity index (χ2v) is 3.95. The molecule has 0 spiro atoms. The van der Waals surface area contributed by atoms with Crippen molar-refractivity contribution < 1.29 is 0 Å². The zero-order valence-corrected chi connectivity index (χ0v) is 8.23. The molecule has 0 saturated carbocycles. The molecule has 1 aliphatic rings. The summed E-state index contributed by atoms with van der Waals surface area (Å²) in [6.07, 6.45) is 10.6. The third kappa shape index (κ3) is 4.44. The average Bonchev–Trinajstić information content (AvgIpc) is 2.11. The van der Waals surface area contributed by atoms with Crippen LogP contribution in [0.1, 0.15) is 58.3 Å². The van der Waals surface area contributed by atoms with E-state index in [-0.39, 0.29) is 0 Å². The summed E-state index contributed by atoms with van der Waals surface area (Å²) in [4.78, 5) is 0. The molecular weight excluding hydrogens is 144 g/mol. The lowest BCUT2D eigenvalue weighted by molar-refractivity contribution is 0.466. The fourth-order valence-corrected chi connectivity index (χ4v) is 1.70. The van der Waals surface area contributed by atoms with Gasteiger partial charge in [-0.05, 0) is 18.8 Å². The summed E-state index contributed by atoms with van der Waals surface area (Å²) >= 11 is 0. The zero-order valence-electron chi connectivity index (χ0n) is 8.23. The average molecular weight is 164 g/mol. The van der Waals surface area contributed by atoms with Crippen molar-refractivity contribution in [2.45, 2.75) is 58.3 Å². The van der Waals surface area contributed by atoms with Crippen molar-refractivity contribution in [3.63, 3.8) is 0 Å². The molecule has 0 aromatic rings. The van der Waals surface area contributed by atoms with Gasteiger partial charge in [-0.2, -0.15) is 0 Å². The first-order valence-corrected chi connectivity index (χ1v) is 5.35. The minimum Gasteiger partial charge on any atom is -0.103 e. The van der Waals surface area contributed by atoms with Crippen molar-refractivity contribution in [3.05, 3.63) is 0 Å². The van der Waals surface area contributed by atoms with Gasteiger partial charge in [-0.1, -0.05) is 32.6 Å². The van der Waals surface area contributed by atoms with Gasteiger partial charge in [0.1, 0.15) is 0 Å². The van der Waals surface area contributed by atoms with Gasteiger partial charge in [-0.15, -0.1) is 11.8 Å². The second-order valence-electron chi connectivity index (χ2n) is 3.95. The molecule has 1 atom stereocenters. The Morgan fingerprint density at radius 3 is 2.50 bits per heavy atom. The number of hydrogen-bond acceptors (Lipinski definition) is 0. The van der Waals surface area contributed by atoms with Crippen LogP contribution in [0, 0.1) is 17.8 Å². The summed E-state index contributed by atoms with van der Waals surface area (Å²) in [5, 5.41) is 0. The van der Waals surface area contributed by atoms with Crippen molar-refractivity contribution in [2.24, 2.45) is 5.92 Å². The molecule has 0 bridgehead atoms. The summed E-state index contributed by atoms with van der Waals surface area (Å²) < 4.78 is 0. The lowest BCUT2D eigenvalue weighted by Crippen LogP contribution is -1.93. The molecule has 1 rings (SSSR count). The Labute approximate surface area is 76.7 Å². The van der Waals surface area contributed by atoms with E-state index in [1.165, 1.54) is 38.5 Å². The first-order valence-electron chi connectivity index (χ1n) is 5.35. The molecule has 0 N–H and O–H groups in total. The van der Waals surface area contributed by atoms with Crippen LogP contribution in [0.4, 0.5) is 0 Å². The Morgan fingerprint density at radius 1 is 0.833 bits per heavy atom. The summed E-state index contributed by atoms with van der Waals surface area (Å²) in [7, 11) is 0. The van der Waals surface area contributed by atoms with Crippen molar-refractivity contribution in [1.29, 1.82) is 0 Å². The van der Waals surface area contributed by atoms with Gasteiger partial charge < -0.3 is 0 Å². The van der Waals surface area contributed by atoms with E-state index in [1.54, 1.807) is 0 Å². The maximum atomic E-state index is 3.26. The molecule has 1 unspecified atom stereocenters. The summed E-state index contributed by atoms with van der Waals surface area (Å²) in [6, 6.07) is 0. The fourth-order valence-electron chi connectivity index (χ4n) is 1.70. The van der Waals surface area contributed by atoms with E-state index in [1.807, 2.05) is 0 Å². The van der Waals surface area contributed by atoms with Gasteiger partial charge in [-0.25, -0.2) is 0 Å². The smallest absolute Gasteiger partial charge is 0.00912 e. The van der Waals surface area contributed by atoms with Crippen LogP contribution in [0.25, 0.3) is 0 Å². The molecule has 0 heteroatoms. The first-order chi connectivity index (χ1) is 5.89. The van der Waals surface area contributed by atoms with E-state index in [4.69, 9.17) is 0 Å². The molecule has 0 saturated heterocycles. The predicted molar refractivity (Wildman–Crippen MR) is 53.9 cm³/mol. The maximum absolute atomic E-state index is 3.26. The van der Waals surface area contributed by atoms with E-state index in [2.05, 4.69) is 18.8 Å². The summed E-state index contributed by atoms with van der Waals surface area (Å²) in [5.41, 5.74) is 0. The molecule has 68 valence electrons. The lowest BCUT2D eigenvalue weighted by Gasteiger charge is -2.07. The van der Waals surface area contributed by atoms with E-state index in [0.29, 0.717) is 0 Å². The predicted octanol–water partition coefficient (Wildman–Crippen LogP) is 3.76. The largest absolute Gasteiger partial charge is 0.103 e. The molecule has 0 heterocycles. The van der Waals surface area contributed by atoms with E-state index in [0.717, 1.165) is 18.8 Å². The van der Waals surface area contributed by atoms with E-state index >= 15 is 0 Å². The van der Waals surface area contributed by atoms with Crippen LogP contribution in [0.15, 0.2) is 0 Å². The molecule has 1 aliphatic carbocycles. The molecule has 0 aromatic heterocycles. The molecule has 0 aromatic carbocycles. The van der Waals surface area contributed by atoms with Gasteiger partial charge in [0.05, 0.1) is 0 Å². The quantitative estimate of drug-likeness (QED) is 0.478. The molecule has 0 nitrogen and oxygen atoms in total. The molecule has 0 aliphatic heterocycles. The van der Waals surface area contributed by atoms with Crippen molar-refractivity contribution in [2.75, 3.05) is 0 Å². The highest BCUT2D eigenvalue weighted by Gasteiger charge is 2.01. The minimum atomic E-state index is 0.900. The normalized spacial score (nSPS) is 26.6. The van der Waals surface area contributed by atoms with Gasteiger partial charge >= 0.3 is 0 Å². The second kappa shape index (κ2) is 6.12. The summed E-state index contributed by atoms with van der Waals surface area (Å²) in [5.74, 6) is 7.42. The van der Waals surface area contributed by atoms with Crippen LogP contribution >= 0.6 is 0 Å². The molecule has 0 radical (unpaired) electrons. The van der Waals surface area contributed by atoms with Crippen LogP contribution in [-0.4, -0.2) is 0 Å². The van der Waals surface area contributed by atoms with Crippen molar-refractivity contribution in [1.82, 2.24) is 0 Å². The molecule has 0 amide bonds. The van der Waals surface area contributed by atoms with Crippen LogP contribution in [0.5, 0.6) is 0 Å². The Morgan fingerprint density at radius 2 is 1.58 bits per heavy atom. The molecular formula is C12H20. The minimum absolute atomic E-state index is 0.900. The van der Waals surface area contributed by atoms with Gasteiger partial charge in [0, 0.05) is 12.8 Å². The highest BCUT2D eigenvalue weighted by atomic mass is 14.1.